The number of quaternary nitrogens is 1. The predicted molar refractivity (Wildman–Crippen MR) is 56.7 cm³/mol. The molecule has 7 nitrogen and oxygen atoms in total. The number of carboxylic acid groups (broad SMARTS) is 1. The molecule has 0 fully saturated rings. The van der Waals surface area contributed by atoms with E-state index in [4.69, 9.17) is 19.8 Å². The molecule has 0 aliphatic heterocycles. The maximum absolute atomic E-state index is 11.0. The van der Waals surface area contributed by atoms with Gasteiger partial charge in [0, 0.05) is 11.6 Å². The lowest BCUT2D eigenvalue weighted by atomic mass is 10.1. The Balaban J connectivity index is 3.29. The Labute approximate surface area is 97.3 Å². The van der Waals surface area contributed by atoms with Crippen LogP contribution in [0.25, 0.3) is 0 Å². The third-order valence-corrected chi connectivity index (χ3v) is 2.18. The second-order valence-corrected chi connectivity index (χ2v) is 3.24. The van der Waals surface area contributed by atoms with Crippen molar-refractivity contribution >= 4 is 11.7 Å². The van der Waals surface area contributed by atoms with Crippen LogP contribution in [0, 0.1) is 5.21 Å². The maximum Gasteiger partial charge on any atom is 0.308 e. The molecule has 7 heteroatoms. The zero-order valence-corrected chi connectivity index (χ0v) is 9.39. The minimum atomic E-state index is -1.21. The molecule has 0 radical (unpaired) electrons. The second kappa shape index (κ2) is 5.48. The summed E-state index contributed by atoms with van der Waals surface area (Å²) in [5.41, 5.74) is 0.0627. The average molecular weight is 243 g/mol. The highest BCUT2D eigenvalue weighted by molar-refractivity contribution is 5.73. The van der Waals surface area contributed by atoms with Gasteiger partial charge in [0.15, 0.2) is 17.2 Å². The van der Waals surface area contributed by atoms with Gasteiger partial charge in [-0.15, -0.1) is 0 Å². The van der Waals surface area contributed by atoms with E-state index in [0.717, 1.165) is 0 Å². The third-order valence-electron chi connectivity index (χ3n) is 2.18. The summed E-state index contributed by atoms with van der Waals surface area (Å²) in [7, 11) is 2.77. The zero-order valence-electron chi connectivity index (χ0n) is 9.39. The minimum Gasteiger partial charge on any atom is -0.595 e. The van der Waals surface area contributed by atoms with Gasteiger partial charge in [-0.25, -0.2) is 5.21 Å². The van der Waals surface area contributed by atoms with Gasteiger partial charge < -0.3 is 19.8 Å². The van der Waals surface area contributed by atoms with Gasteiger partial charge in [0.25, 0.3) is 0 Å². The molecular formula is C10H13NO6. The fourth-order valence-electron chi connectivity index (χ4n) is 1.43. The van der Waals surface area contributed by atoms with Crippen LogP contribution < -0.4 is 14.7 Å². The van der Waals surface area contributed by atoms with Crippen LogP contribution in [-0.4, -0.2) is 30.5 Å². The Morgan fingerprint density at radius 1 is 1.35 bits per heavy atom. The lowest BCUT2D eigenvalue weighted by Gasteiger charge is -2.17. The van der Waals surface area contributed by atoms with E-state index in [1.807, 2.05) is 0 Å². The highest BCUT2D eigenvalue weighted by atomic mass is 16.8. The number of nitrogens with one attached hydrogen (secondary N) is 1. The van der Waals surface area contributed by atoms with Crippen molar-refractivity contribution in [2.45, 2.75) is 6.42 Å². The van der Waals surface area contributed by atoms with Crippen molar-refractivity contribution in [3.63, 3.8) is 0 Å². The third kappa shape index (κ3) is 3.06. The quantitative estimate of drug-likeness (QED) is 0.615. The molecule has 17 heavy (non-hydrogen) atoms. The molecule has 0 saturated carbocycles. The molecule has 1 rings (SSSR count). The lowest BCUT2D eigenvalue weighted by molar-refractivity contribution is -0.991. The topological polar surface area (TPSA) is 103 Å². The van der Waals surface area contributed by atoms with Crippen LogP contribution >= 0.6 is 0 Å². The Morgan fingerprint density at radius 2 is 1.88 bits per heavy atom. The molecule has 94 valence electrons. The number of hydrogen-bond acceptors (Lipinski definition) is 5. The molecule has 0 aliphatic carbocycles. The smallest absolute Gasteiger partial charge is 0.308 e. The molecule has 0 aromatic heterocycles. The van der Waals surface area contributed by atoms with Crippen molar-refractivity contribution < 1.29 is 29.8 Å². The summed E-state index contributed by atoms with van der Waals surface area (Å²) in [4.78, 5) is 10.6. The summed E-state index contributed by atoms with van der Waals surface area (Å²) in [5, 5.41) is 27.4. The van der Waals surface area contributed by atoms with E-state index in [1.165, 1.54) is 26.4 Å². The fraction of sp³-hybridized carbons (Fsp3) is 0.300. The van der Waals surface area contributed by atoms with Gasteiger partial charge in [-0.3, -0.25) is 4.79 Å². The molecule has 1 aromatic carbocycles. The first kappa shape index (κ1) is 13.2. The number of ether oxygens (including phenoxy) is 2. The summed E-state index contributed by atoms with van der Waals surface area (Å²) in [6.45, 7) is 0. The molecule has 0 aliphatic rings. The lowest BCUT2D eigenvalue weighted by Crippen LogP contribution is -2.99. The van der Waals surface area contributed by atoms with E-state index in [-0.39, 0.29) is 23.4 Å². The normalized spacial score (nSPS) is 12.0. The van der Waals surface area contributed by atoms with Crippen molar-refractivity contribution in [1.82, 2.24) is 0 Å². The van der Waals surface area contributed by atoms with Gasteiger partial charge in [0.05, 0.1) is 20.6 Å². The molecule has 0 heterocycles. The first-order valence-corrected chi connectivity index (χ1v) is 4.69. The van der Waals surface area contributed by atoms with Crippen LogP contribution in [-0.2, 0) is 11.2 Å². The van der Waals surface area contributed by atoms with Crippen LogP contribution in [0.2, 0.25) is 0 Å². The zero-order chi connectivity index (χ0) is 13.0. The van der Waals surface area contributed by atoms with Crippen molar-refractivity contribution in [1.29, 1.82) is 0 Å². The van der Waals surface area contributed by atoms with Crippen LogP contribution in [0.15, 0.2) is 12.1 Å². The second-order valence-electron chi connectivity index (χ2n) is 3.24. The summed E-state index contributed by atoms with van der Waals surface area (Å²) in [5.74, 6) is -0.562. The van der Waals surface area contributed by atoms with E-state index < -0.39 is 11.2 Å². The summed E-state index contributed by atoms with van der Waals surface area (Å²) in [6, 6.07) is 2.61. The number of aliphatic carboxylic acids is 1. The Kier molecular flexibility index (Phi) is 4.27. The molecular weight excluding hydrogens is 230 g/mol. The predicted octanol–water partition coefficient (Wildman–Crippen LogP) is -0.266. The summed E-state index contributed by atoms with van der Waals surface area (Å²) >= 11 is 0. The van der Waals surface area contributed by atoms with Gasteiger partial charge >= 0.3 is 5.97 Å². The summed E-state index contributed by atoms with van der Waals surface area (Å²) in [6.07, 6.45) is -0.387. The molecule has 3 N–H and O–H groups in total. The number of hydrogen-bond donors (Lipinski definition) is 3. The fourth-order valence-corrected chi connectivity index (χ4v) is 1.43. The van der Waals surface area contributed by atoms with E-state index >= 15 is 0 Å². The molecule has 0 spiro atoms. The molecule has 1 unspecified atom stereocenters. The molecule has 1 atom stereocenters. The minimum absolute atomic E-state index is 0.106. The maximum atomic E-state index is 11.0. The SMILES string of the molecule is COc1cc(CC(=O)O)c([NH+]([O-])O)cc1OC. The van der Waals surface area contributed by atoms with Crippen LogP contribution in [0.1, 0.15) is 5.56 Å². The first-order valence-electron chi connectivity index (χ1n) is 4.69. The van der Waals surface area contributed by atoms with E-state index in [0.29, 0.717) is 5.75 Å². The van der Waals surface area contributed by atoms with E-state index in [2.05, 4.69) is 0 Å². The van der Waals surface area contributed by atoms with Crippen molar-refractivity contribution in [2.75, 3.05) is 14.2 Å². The number of benzene rings is 1. The first-order chi connectivity index (χ1) is 7.99. The molecule has 1 aromatic rings. The highest BCUT2D eigenvalue weighted by Gasteiger charge is 2.17. The summed E-state index contributed by atoms with van der Waals surface area (Å²) < 4.78 is 9.93. The molecule has 0 amide bonds. The monoisotopic (exact) mass is 243 g/mol. The van der Waals surface area contributed by atoms with Gasteiger partial charge in [-0.05, 0) is 6.07 Å². The van der Waals surface area contributed by atoms with E-state index in [9.17, 15) is 10.0 Å². The average Bonchev–Trinajstić information content (AvgIpc) is 2.27. The molecule has 0 saturated heterocycles. The van der Waals surface area contributed by atoms with Gasteiger partial charge in [0.2, 0.25) is 0 Å². The van der Waals surface area contributed by atoms with Crippen LogP contribution in [0.5, 0.6) is 11.5 Å². The van der Waals surface area contributed by atoms with Crippen LogP contribution in [0.3, 0.4) is 0 Å². The Bertz CT molecular complexity index is 418. The van der Waals surface area contributed by atoms with Crippen molar-refractivity contribution in [2.24, 2.45) is 0 Å². The number of methoxy groups -OCH3 is 2. The van der Waals surface area contributed by atoms with Gasteiger partial charge in [-0.1, -0.05) is 0 Å². The highest BCUT2D eigenvalue weighted by Crippen LogP contribution is 2.31. The Hall–Kier alpha value is -1.83. The van der Waals surface area contributed by atoms with Crippen molar-refractivity contribution in [3.8, 4) is 11.5 Å². The number of rotatable bonds is 5. The Morgan fingerprint density at radius 3 is 2.29 bits per heavy atom. The van der Waals surface area contributed by atoms with Gasteiger partial charge in [-0.2, -0.15) is 5.23 Å². The number of carbonyl (C=O) groups is 1. The molecule has 0 bridgehead atoms. The van der Waals surface area contributed by atoms with Crippen molar-refractivity contribution in [3.05, 3.63) is 22.9 Å². The van der Waals surface area contributed by atoms with E-state index in [1.54, 1.807) is 0 Å². The largest absolute Gasteiger partial charge is 0.595 e. The standard InChI is InChI=1S/C10H13NO6/c1-16-8-3-6(4-10(12)13)7(11(14)15)5-9(8)17-2/h3,5,11,14H,4H2,1-2H3,(H,12,13). The van der Waals surface area contributed by atoms with Gasteiger partial charge in [0.1, 0.15) is 0 Å². The number of carboxylic acids is 1. The van der Waals surface area contributed by atoms with Crippen LogP contribution in [0.4, 0.5) is 5.69 Å².